The Kier molecular flexibility index (Phi) is 7.01. The standard InChI is InChI=1S/C27H26N2O6/c1-16(26(32)33)28-25(31)24(14-17-10-12-18(30)13-11-17)29-27(34)35-15-23-21-8-4-2-6-19(21)20-7-3-5-9-22(20)23/h2-13,16,23-24,30H,14-15H2,1H3,(H,28,31)(H,29,34)(H,32,33)/t16-,24-/m0/s1. The number of aliphatic carboxylic acids is 1. The highest BCUT2D eigenvalue weighted by atomic mass is 16.5. The second-order valence-corrected chi connectivity index (χ2v) is 8.46. The molecule has 4 N–H and O–H groups in total. The molecule has 0 aliphatic heterocycles. The number of benzene rings is 3. The van der Waals surface area contributed by atoms with Gasteiger partial charge in [-0.1, -0.05) is 60.7 Å². The second-order valence-electron chi connectivity index (χ2n) is 8.46. The molecule has 2 atom stereocenters. The molecule has 0 unspecified atom stereocenters. The molecule has 8 heteroatoms. The monoisotopic (exact) mass is 474 g/mol. The number of ether oxygens (including phenoxy) is 1. The van der Waals surface area contributed by atoms with Crippen molar-refractivity contribution >= 4 is 18.0 Å². The molecular formula is C27H26N2O6. The van der Waals surface area contributed by atoms with E-state index in [4.69, 9.17) is 9.84 Å². The number of hydrogen-bond acceptors (Lipinski definition) is 5. The third-order valence-electron chi connectivity index (χ3n) is 6.06. The fourth-order valence-corrected chi connectivity index (χ4v) is 4.24. The molecule has 1 aliphatic rings. The van der Waals surface area contributed by atoms with Gasteiger partial charge >= 0.3 is 12.1 Å². The van der Waals surface area contributed by atoms with Crippen LogP contribution in [0.2, 0.25) is 0 Å². The maximum Gasteiger partial charge on any atom is 0.407 e. The van der Waals surface area contributed by atoms with Crippen LogP contribution in [0.1, 0.15) is 29.5 Å². The van der Waals surface area contributed by atoms with E-state index in [0.717, 1.165) is 22.3 Å². The van der Waals surface area contributed by atoms with Crippen molar-refractivity contribution in [3.05, 3.63) is 89.5 Å². The van der Waals surface area contributed by atoms with Gasteiger partial charge in [-0.2, -0.15) is 0 Å². The van der Waals surface area contributed by atoms with Crippen LogP contribution in [0.5, 0.6) is 5.75 Å². The predicted octanol–water partition coefficient (Wildman–Crippen LogP) is 3.43. The molecule has 0 radical (unpaired) electrons. The van der Waals surface area contributed by atoms with E-state index in [2.05, 4.69) is 10.6 Å². The molecule has 2 amide bonds. The number of nitrogens with one attached hydrogen (secondary N) is 2. The van der Waals surface area contributed by atoms with E-state index in [0.29, 0.717) is 5.56 Å². The lowest BCUT2D eigenvalue weighted by Crippen LogP contribution is -2.51. The number of rotatable bonds is 8. The largest absolute Gasteiger partial charge is 0.508 e. The molecule has 8 nitrogen and oxygen atoms in total. The summed E-state index contributed by atoms with van der Waals surface area (Å²) in [5, 5.41) is 23.6. The normalized spacial score (nSPS) is 13.7. The molecule has 0 bridgehead atoms. The Hall–Kier alpha value is -4.33. The third-order valence-corrected chi connectivity index (χ3v) is 6.06. The zero-order chi connectivity index (χ0) is 24.9. The molecule has 35 heavy (non-hydrogen) atoms. The maximum absolute atomic E-state index is 12.8. The smallest absolute Gasteiger partial charge is 0.407 e. The topological polar surface area (TPSA) is 125 Å². The number of carboxylic acid groups (broad SMARTS) is 1. The lowest BCUT2D eigenvalue weighted by atomic mass is 9.98. The van der Waals surface area contributed by atoms with Gasteiger partial charge in [-0.3, -0.25) is 9.59 Å². The number of amides is 2. The Balaban J connectivity index is 1.46. The summed E-state index contributed by atoms with van der Waals surface area (Å²) in [4.78, 5) is 36.7. The van der Waals surface area contributed by atoms with Crippen LogP contribution in [-0.2, 0) is 20.7 Å². The van der Waals surface area contributed by atoms with Crippen molar-refractivity contribution in [3.8, 4) is 16.9 Å². The molecule has 3 aromatic carbocycles. The van der Waals surface area contributed by atoms with Gasteiger partial charge in [-0.25, -0.2) is 4.79 Å². The van der Waals surface area contributed by atoms with Crippen LogP contribution in [0.15, 0.2) is 72.8 Å². The SMILES string of the molecule is C[C@H](NC(=O)[C@H](Cc1ccc(O)cc1)NC(=O)OCC1c2ccccc2-c2ccccc21)C(=O)O. The molecule has 0 heterocycles. The maximum atomic E-state index is 12.8. The zero-order valence-corrected chi connectivity index (χ0v) is 19.1. The van der Waals surface area contributed by atoms with Crippen molar-refractivity contribution in [3.63, 3.8) is 0 Å². The van der Waals surface area contributed by atoms with Crippen molar-refractivity contribution in [2.45, 2.75) is 31.3 Å². The van der Waals surface area contributed by atoms with E-state index in [1.807, 2.05) is 48.5 Å². The van der Waals surface area contributed by atoms with Gasteiger partial charge in [0.25, 0.3) is 0 Å². The van der Waals surface area contributed by atoms with E-state index in [9.17, 15) is 19.5 Å². The quantitative estimate of drug-likeness (QED) is 0.396. The van der Waals surface area contributed by atoms with Crippen molar-refractivity contribution in [2.75, 3.05) is 6.61 Å². The number of carbonyl (C=O) groups is 3. The van der Waals surface area contributed by atoms with Crippen LogP contribution in [0.4, 0.5) is 4.79 Å². The minimum atomic E-state index is -1.19. The summed E-state index contributed by atoms with van der Waals surface area (Å²) in [6.45, 7) is 1.42. The van der Waals surface area contributed by atoms with Crippen LogP contribution in [0, 0.1) is 0 Å². The average molecular weight is 475 g/mol. The Morgan fingerprint density at radius 1 is 0.886 bits per heavy atom. The van der Waals surface area contributed by atoms with E-state index in [1.54, 1.807) is 12.1 Å². The van der Waals surface area contributed by atoms with Crippen molar-refractivity contribution in [1.29, 1.82) is 0 Å². The summed E-state index contributed by atoms with van der Waals surface area (Å²) in [5.41, 5.74) is 5.00. The minimum absolute atomic E-state index is 0.0683. The molecule has 0 saturated heterocycles. The van der Waals surface area contributed by atoms with E-state index < -0.39 is 30.1 Å². The number of fused-ring (bicyclic) bond motifs is 3. The molecular weight excluding hydrogens is 448 g/mol. The Bertz CT molecular complexity index is 1190. The summed E-state index contributed by atoms with van der Waals surface area (Å²) in [7, 11) is 0. The lowest BCUT2D eigenvalue weighted by Gasteiger charge is -2.21. The first-order valence-corrected chi connectivity index (χ1v) is 11.3. The Morgan fingerprint density at radius 3 is 2.03 bits per heavy atom. The van der Waals surface area contributed by atoms with Gasteiger partial charge < -0.3 is 25.6 Å². The van der Waals surface area contributed by atoms with Gasteiger partial charge in [0.15, 0.2) is 0 Å². The molecule has 0 fully saturated rings. The fourth-order valence-electron chi connectivity index (χ4n) is 4.24. The number of hydrogen-bond donors (Lipinski definition) is 4. The number of carbonyl (C=O) groups excluding carboxylic acids is 2. The summed E-state index contributed by atoms with van der Waals surface area (Å²) in [6.07, 6.45) is -0.698. The van der Waals surface area contributed by atoms with Crippen LogP contribution in [0.3, 0.4) is 0 Å². The van der Waals surface area contributed by atoms with Gasteiger partial charge in [-0.05, 0) is 46.9 Å². The molecule has 0 saturated carbocycles. The first-order chi connectivity index (χ1) is 16.8. The lowest BCUT2D eigenvalue weighted by molar-refractivity contribution is -0.141. The van der Waals surface area contributed by atoms with Crippen molar-refractivity contribution < 1.29 is 29.3 Å². The van der Waals surface area contributed by atoms with Crippen molar-refractivity contribution in [2.24, 2.45) is 0 Å². The van der Waals surface area contributed by atoms with Gasteiger partial charge in [0, 0.05) is 12.3 Å². The van der Waals surface area contributed by atoms with Crippen LogP contribution in [0.25, 0.3) is 11.1 Å². The van der Waals surface area contributed by atoms with Gasteiger partial charge in [0.05, 0.1) is 0 Å². The Labute approximate surface area is 202 Å². The molecule has 3 aromatic rings. The summed E-state index contributed by atoms with van der Waals surface area (Å²) in [5.74, 6) is -1.91. The highest BCUT2D eigenvalue weighted by Gasteiger charge is 2.30. The number of phenols is 1. The fraction of sp³-hybridized carbons (Fsp3) is 0.222. The highest BCUT2D eigenvalue weighted by Crippen LogP contribution is 2.44. The number of phenolic OH excluding ortho intramolecular Hbond substituents is 1. The minimum Gasteiger partial charge on any atom is -0.508 e. The van der Waals surface area contributed by atoms with Crippen LogP contribution >= 0.6 is 0 Å². The molecule has 0 aromatic heterocycles. The Morgan fingerprint density at radius 2 is 1.46 bits per heavy atom. The zero-order valence-electron chi connectivity index (χ0n) is 19.1. The first kappa shape index (κ1) is 23.8. The van der Waals surface area contributed by atoms with Gasteiger partial charge in [0.1, 0.15) is 24.4 Å². The molecule has 180 valence electrons. The highest BCUT2D eigenvalue weighted by molar-refractivity contribution is 5.89. The third kappa shape index (κ3) is 5.43. The summed E-state index contributed by atoms with van der Waals surface area (Å²) < 4.78 is 5.54. The summed E-state index contributed by atoms with van der Waals surface area (Å²) in [6, 6.07) is 19.9. The van der Waals surface area contributed by atoms with Gasteiger partial charge in [-0.15, -0.1) is 0 Å². The van der Waals surface area contributed by atoms with E-state index in [-0.39, 0.29) is 24.7 Å². The number of alkyl carbamates (subject to hydrolysis) is 1. The van der Waals surface area contributed by atoms with Crippen LogP contribution in [-0.4, -0.2) is 46.9 Å². The summed E-state index contributed by atoms with van der Waals surface area (Å²) >= 11 is 0. The molecule has 1 aliphatic carbocycles. The predicted molar refractivity (Wildman–Crippen MR) is 129 cm³/mol. The molecule has 4 rings (SSSR count). The second kappa shape index (κ2) is 10.3. The van der Waals surface area contributed by atoms with E-state index >= 15 is 0 Å². The van der Waals surface area contributed by atoms with Crippen molar-refractivity contribution in [1.82, 2.24) is 10.6 Å². The van der Waals surface area contributed by atoms with Gasteiger partial charge in [0.2, 0.25) is 5.91 Å². The van der Waals surface area contributed by atoms with E-state index in [1.165, 1.54) is 19.1 Å². The van der Waals surface area contributed by atoms with Crippen LogP contribution < -0.4 is 10.6 Å². The average Bonchev–Trinajstić information content (AvgIpc) is 3.17. The first-order valence-electron chi connectivity index (χ1n) is 11.3. The number of aromatic hydroxyl groups is 1. The molecule has 0 spiro atoms. The number of carboxylic acids is 1.